The van der Waals surface area contributed by atoms with E-state index >= 15 is 0 Å². The van der Waals surface area contributed by atoms with Gasteiger partial charge in [0.05, 0.1) is 0 Å². The topological polar surface area (TPSA) is 80.2 Å². The van der Waals surface area contributed by atoms with E-state index in [4.69, 9.17) is 0 Å². The molecule has 0 aliphatic rings. The number of carbonyl (C=O) groups is 2. The quantitative estimate of drug-likeness (QED) is 0.808. The highest BCUT2D eigenvalue weighted by Crippen LogP contribution is 2.16. The number of hydrogen-bond donors (Lipinski definition) is 2. The van der Waals surface area contributed by atoms with Crippen LogP contribution in [0.5, 0.6) is 0 Å². The number of nitrogens with zero attached hydrogens (tertiary/aromatic N) is 1. The van der Waals surface area contributed by atoms with E-state index in [9.17, 15) is 14.4 Å². The predicted octanol–water partition coefficient (Wildman–Crippen LogP) is 2.99. The number of aromatic nitrogens is 1. The molecule has 1 aromatic carbocycles. The van der Waals surface area contributed by atoms with Gasteiger partial charge in [-0.2, -0.15) is 0 Å². The van der Waals surface area contributed by atoms with Crippen molar-refractivity contribution in [3.63, 3.8) is 0 Å². The largest absolute Gasteiger partial charge is 0.326 e. The van der Waals surface area contributed by atoms with Gasteiger partial charge >= 0.3 is 4.87 Å². The van der Waals surface area contributed by atoms with E-state index in [1.54, 1.807) is 34.2 Å². The number of carbonyl (C=O) groups excluding carboxylic acids is 2. The van der Waals surface area contributed by atoms with Crippen LogP contribution in [0.2, 0.25) is 0 Å². The van der Waals surface area contributed by atoms with Gasteiger partial charge in [0.25, 0.3) is 0 Å². The molecular formula is C17H21N3O3S. The lowest BCUT2D eigenvalue weighted by atomic mass is 10.2. The van der Waals surface area contributed by atoms with Gasteiger partial charge in [-0.3, -0.25) is 14.4 Å². The van der Waals surface area contributed by atoms with Gasteiger partial charge in [0, 0.05) is 41.8 Å². The fourth-order valence-corrected chi connectivity index (χ4v) is 3.00. The van der Waals surface area contributed by atoms with Crippen LogP contribution in [0, 0.1) is 6.92 Å². The fourth-order valence-electron chi connectivity index (χ4n) is 2.24. The molecule has 2 aromatic rings. The smallest absolute Gasteiger partial charge is 0.307 e. The van der Waals surface area contributed by atoms with Crippen molar-refractivity contribution in [1.82, 2.24) is 4.57 Å². The first-order valence-electron chi connectivity index (χ1n) is 7.84. The SMILES string of the molecule is CCCC(=O)Nc1cccc(NC(=O)CCn2c(C)csc2=O)c1. The van der Waals surface area contributed by atoms with E-state index in [0.29, 0.717) is 24.3 Å². The highest BCUT2D eigenvalue weighted by atomic mass is 32.1. The molecule has 0 atom stereocenters. The van der Waals surface area contributed by atoms with Crippen molar-refractivity contribution in [2.75, 3.05) is 10.6 Å². The van der Waals surface area contributed by atoms with Gasteiger partial charge in [-0.15, -0.1) is 0 Å². The molecule has 0 spiro atoms. The number of aryl methyl sites for hydroxylation is 1. The minimum atomic E-state index is -0.176. The Morgan fingerprint density at radius 2 is 1.75 bits per heavy atom. The first kappa shape index (κ1) is 17.9. The lowest BCUT2D eigenvalue weighted by Crippen LogP contribution is -2.20. The Kier molecular flexibility index (Phi) is 6.31. The van der Waals surface area contributed by atoms with Crippen LogP contribution in [0.1, 0.15) is 31.9 Å². The zero-order valence-corrected chi connectivity index (χ0v) is 14.6. The molecule has 6 nitrogen and oxygen atoms in total. The van der Waals surface area contributed by atoms with E-state index in [1.807, 2.05) is 13.8 Å². The summed E-state index contributed by atoms with van der Waals surface area (Å²) >= 11 is 1.13. The second-order valence-corrected chi connectivity index (χ2v) is 6.29. The molecule has 24 heavy (non-hydrogen) atoms. The normalized spacial score (nSPS) is 10.4. The maximum absolute atomic E-state index is 12.1. The molecule has 2 N–H and O–H groups in total. The molecule has 0 aliphatic heterocycles. The highest BCUT2D eigenvalue weighted by Gasteiger charge is 2.08. The van der Waals surface area contributed by atoms with E-state index in [2.05, 4.69) is 10.6 Å². The van der Waals surface area contributed by atoms with Crippen LogP contribution in [0.15, 0.2) is 34.4 Å². The predicted molar refractivity (Wildman–Crippen MR) is 96.5 cm³/mol. The molecule has 0 saturated carbocycles. The maximum Gasteiger partial charge on any atom is 0.307 e. The summed E-state index contributed by atoms with van der Waals surface area (Å²) in [6, 6.07) is 7.02. The van der Waals surface area contributed by atoms with Crippen LogP contribution in [-0.4, -0.2) is 16.4 Å². The molecule has 0 bridgehead atoms. The van der Waals surface area contributed by atoms with Gasteiger partial charge in [0.1, 0.15) is 0 Å². The van der Waals surface area contributed by atoms with E-state index in [0.717, 1.165) is 23.5 Å². The first-order chi connectivity index (χ1) is 11.5. The molecule has 0 unspecified atom stereocenters. The van der Waals surface area contributed by atoms with Crippen molar-refractivity contribution in [1.29, 1.82) is 0 Å². The second kappa shape index (κ2) is 8.44. The van der Waals surface area contributed by atoms with E-state index in [1.165, 1.54) is 0 Å². The summed E-state index contributed by atoms with van der Waals surface area (Å²) in [5.74, 6) is -0.224. The third-order valence-corrected chi connectivity index (χ3v) is 4.33. The Hall–Kier alpha value is -2.41. The van der Waals surface area contributed by atoms with E-state index < -0.39 is 0 Å². The summed E-state index contributed by atoms with van der Waals surface area (Å²) in [5, 5.41) is 7.36. The fraction of sp³-hybridized carbons (Fsp3) is 0.353. The van der Waals surface area contributed by atoms with Crippen LogP contribution in [0.3, 0.4) is 0 Å². The zero-order chi connectivity index (χ0) is 17.5. The Morgan fingerprint density at radius 3 is 2.29 bits per heavy atom. The molecule has 0 fully saturated rings. The van der Waals surface area contributed by atoms with Crippen LogP contribution in [0.25, 0.3) is 0 Å². The average Bonchev–Trinajstić information content (AvgIpc) is 2.84. The minimum absolute atomic E-state index is 0.0479. The molecule has 0 aliphatic carbocycles. The highest BCUT2D eigenvalue weighted by molar-refractivity contribution is 7.07. The average molecular weight is 347 g/mol. The first-order valence-corrected chi connectivity index (χ1v) is 8.72. The summed E-state index contributed by atoms with van der Waals surface area (Å²) in [6.07, 6.45) is 1.46. The zero-order valence-electron chi connectivity index (χ0n) is 13.8. The van der Waals surface area contributed by atoms with Gasteiger partial charge in [-0.05, 0) is 31.5 Å². The van der Waals surface area contributed by atoms with Crippen LogP contribution < -0.4 is 15.5 Å². The standard InChI is InChI=1S/C17H21N3O3S/c1-3-5-15(21)18-13-6-4-7-14(10-13)19-16(22)8-9-20-12(2)11-24-17(20)23/h4,6-7,10-11H,3,5,8-9H2,1-2H3,(H,18,21)(H,19,22). The summed E-state index contributed by atoms with van der Waals surface area (Å²) in [4.78, 5) is 35.2. The molecule has 0 radical (unpaired) electrons. The molecular weight excluding hydrogens is 326 g/mol. The van der Waals surface area contributed by atoms with Crippen molar-refractivity contribution in [2.24, 2.45) is 0 Å². The number of amides is 2. The van der Waals surface area contributed by atoms with Crippen molar-refractivity contribution in [3.8, 4) is 0 Å². The summed E-state index contributed by atoms with van der Waals surface area (Å²) in [7, 11) is 0. The lowest BCUT2D eigenvalue weighted by Gasteiger charge is -2.09. The Bertz CT molecular complexity index is 779. The Balaban J connectivity index is 1.92. The van der Waals surface area contributed by atoms with Gasteiger partial charge in [0.15, 0.2) is 0 Å². The number of thiazole rings is 1. The Labute approximate surface area is 144 Å². The van der Waals surface area contributed by atoms with Crippen molar-refractivity contribution < 1.29 is 9.59 Å². The third kappa shape index (κ3) is 5.06. The number of hydrogen-bond acceptors (Lipinski definition) is 4. The minimum Gasteiger partial charge on any atom is -0.326 e. The van der Waals surface area contributed by atoms with Crippen LogP contribution in [0.4, 0.5) is 11.4 Å². The third-order valence-electron chi connectivity index (χ3n) is 3.45. The van der Waals surface area contributed by atoms with Crippen molar-refractivity contribution >= 4 is 34.5 Å². The summed E-state index contributed by atoms with van der Waals surface area (Å²) < 4.78 is 1.59. The monoisotopic (exact) mass is 347 g/mol. The molecule has 2 amide bonds. The molecule has 128 valence electrons. The molecule has 1 aromatic heterocycles. The van der Waals surface area contributed by atoms with Crippen molar-refractivity contribution in [2.45, 2.75) is 39.7 Å². The van der Waals surface area contributed by atoms with Gasteiger partial charge in [-0.25, -0.2) is 0 Å². The lowest BCUT2D eigenvalue weighted by molar-refractivity contribution is -0.117. The molecule has 2 rings (SSSR count). The van der Waals surface area contributed by atoms with Crippen LogP contribution >= 0.6 is 11.3 Å². The molecule has 0 saturated heterocycles. The number of anilines is 2. The van der Waals surface area contributed by atoms with Crippen molar-refractivity contribution in [3.05, 3.63) is 45.0 Å². The maximum atomic E-state index is 12.1. The number of benzene rings is 1. The second-order valence-electron chi connectivity index (χ2n) is 5.47. The van der Waals surface area contributed by atoms with E-state index in [-0.39, 0.29) is 23.1 Å². The van der Waals surface area contributed by atoms with Crippen LogP contribution in [-0.2, 0) is 16.1 Å². The number of nitrogens with one attached hydrogen (secondary N) is 2. The Morgan fingerprint density at radius 1 is 1.12 bits per heavy atom. The summed E-state index contributed by atoms with van der Waals surface area (Å²) in [5.41, 5.74) is 2.12. The molecule has 7 heteroatoms. The molecule has 1 heterocycles. The van der Waals surface area contributed by atoms with Gasteiger partial charge in [-0.1, -0.05) is 24.3 Å². The number of rotatable bonds is 7. The van der Waals surface area contributed by atoms with Gasteiger partial charge < -0.3 is 15.2 Å². The van der Waals surface area contributed by atoms with Gasteiger partial charge in [0.2, 0.25) is 11.8 Å². The summed E-state index contributed by atoms with van der Waals surface area (Å²) in [6.45, 7) is 4.14.